The zero-order chi connectivity index (χ0) is 10.7. The monoisotopic (exact) mass is 208 g/mol. The van der Waals surface area contributed by atoms with Gasteiger partial charge in [-0.2, -0.15) is 0 Å². The molecule has 0 radical (unpaired) electrons. The van der Waals surface area contributed by atoms with Gasteiger partial charge in [-0.25, -0.2) is 14.8 Å². The molecule has 2 heterocycles. The van der Waals surface area contributed by atoms with Gasteiger partial charge in [0.15, 0.2) is 5.69 Å². The Morgan fingerprint density at radius 1 is 1.40 bits per heavy atom. The number of aromatic nitrogens is 2. The number of hydrogen-bond acceptors (Lipinski definition) is 4. The zero-order valence-corrected chi connectivity index (χ0v) is 8.22. The summed E-state index contributed by atoms with van der Waals surface area (Å²) in [7, 11) is 0. The first-order valence-electron chi connectivity index (χ1n) is 4.90. The molecular weight excluding hydrogens is 196 g/mol. The Kier molecular flexibility index (Phi) is 2.91. The van der Waals surface area contributed by atoms with E-state index in [0.717, 1.165) is 31.7 Å². The fraction of sp³-hybridized carbons (Fsp3) is 0.500. The summed E-state index contributed by atoms with van der Waals surface area (Å²) in [6.45, 7) is 1.44. The average molecular weight is 208 g/mol. The molecule has 0 spiro atoms. The molecular formula is C10H12N2O3. The van der Waals surface area contributed by atoms with Crippen LogP contribution in [-0.2, 0) is 4.74 Å². The minimum Gasteiger partial charge on any atom is -0.477 e. The van der Waals surface area contributed by atoms with E-state index < -0.39 is 5.97 Å². The van der Waals surface area contributed by atoms with Crippen molar-refractivity contribution in [3.05, 3.63) is 23.8 Å². The molecule has 0 amide bonds. The molecule has 0 saturated carbocycles. The van der Waals surface area contributed by atoms with Gasteiger partial charge >= 0.3 is 5.97 Å². The lowest BCUT2D eigenvalue weighted by atomic mass is 9.96. The van der Waals surface area contributed by atoms with Crippen LogP contribution in [-0.4, -0.2) is 34.3 Å². The van der Waals surface area contributed by atoms with Gasteiger partial charge in [-0.1, -0.05) is 0 Å². The Labute approximate surface area is 87.1 Å². The van der Waals surface area contributed by atoms with E-state index in [1.165, 1.54) is 6.33 Å². The molecule has 0 unspecified atom stereocenters. The summed E-state index contributed by atoms with van der Waals surface area (Å²) in [5, 5.41) is 8.79. The van der Waals surface area contributed by atoms with Gasteiger partial charge in [0.2, 0.25) is 0 Å². The number of ether oxygens (including phenoxy) is 1. The van der Waals surface area contributed by atoms with E-state index in [1.54, 1.807) is 6.07 Å². The minimum atomic E-state index is -1.01. The summed E-state index contributed by atoms with van der Waals surface area (Å²) < 4.78 is 5.24. The van der Waals surface area contributed by atoms with Crippen molar-refractivity contribution in [2.24, 2.45) is 0 Å². The maximum Gasteiger partial charge on any atom is 0.354 e. The molecule has 0 bridgehead atoms. The second kappa shape index (κ2) is 4.35. The molecule has 5 nitrogen and oxygen atoms in total. The smallest absolute Gasteiger partial charge is 0.354 e. The summed E-state index contributed by atoms with van der Waals surface area (Å²) in [6, 6.07) is 1.55. The molecule has 0 aliphatic carbocycles. The second-order valence-electron chi connectivity index (χ2n) is 3.52. The zero-order valence-electron chi connectivity index (χ0n) is 8.22. The van der Waals surface area contributed by atoms with Crippen molar-refractivity contribution < 1.29 is 14.6 Å². The molecule has 80 valence electrons. The van der Waals surface area contributed by atoms with Crippen LogP contribution in [0.3, 0.4) is 0 Å². The lowest BCUT2D eigenvalue weighted by Gasteiger charge is -2.21. The summed E-state index contributed by atoms with van der Waals surface area (Å²) in [5.41, 5.74) is 0.872. The molecule has 1 fully saturated rings. The number of rotatable bonds is 2. The molecule has 1 aromatic heterocycles. The van der Waals surface area contributed by atoms with E-state index in [-0.39, 0.29) is 5.69 Å². The molecule has 0 atom stereocenters. The largest absolute Gasteiger partial charge is 0.477 e. The third kappa shape index (κ3) is 2.30. The molecule has 1 aliphatic rings. The fourth-order valence-electron chi connectivity index (χ4n) is 1.71. The van der Waals surface area contributed by atoms with Crippen molar-refractivity contribution in [3.63, 3.8) is 0 Å². The second-order valence-corrected chi connectivity index (χ2v) is 3.52. The predicted octanol–water partition coefficient (Wildman–Crippen LogP) is 1.07. The Balaban J connectivity index is 2.19. The van der Waals surface area contributed by atoms with Crippen molar-refractivity contribution in [3.8, 4) is 0 Å². The number of aromatic carboxylic acids is 1. The molecule has 2 rings (SSSR count). The molecule has 1 aromatic rings. The highest BCUT2D eigenvalue weighted by Gasteiger charge is 2.18. The maximum atomic E-state index is 10.7. The number of hydrogen-bond donors (Lipinski definition) is 1. The number of nitrogens with zero attached hydrogens (tertiary/aromatic N) is 2. The van der Waals surface area contributed by atoms with Crippen LogP contribution in [0.1, 0.15) is 34.9 Å². The van der Waals surface area contributed by atoms with Gasteiger partial charge in [0.05, 0.1) is 0 Å². The van der Waals surface area contributed by atoms with Crippen LogP contribution < -0.4 is 0 Å². The van der Waals surface area contributed by atoms with Crippen LogP contribution in [0, 0.1) is 0 Å². The van der Waals surface area contributed by atoms with Gasteiger partial charge in [0.1, 0.15) is 6.33 Å². The first kappa shape index (κ1) is 10.0. The molecule has 1 saturated heterocycles. The summed E-state index contributed by atoms with van der Waals surface area (Å²) >= 11 is 0. The quantitative estimate of drug-likeness (QED) is 0.787. The Bertz CT molecular complexity index is 361. The van der Waals surface area contributed by atoms with Crippen molar-refractivity contribution in [1.29, 1.82) is 0 Å². The first-order valence-corrected chi connectivity index (χ1v) is 4.90. The van der Waals surface area contributed by atoms with Gasteiger partial charge in [0, 0.05) is 24.8 Å². The van der Waals surface area contributed by atoms with Crippen molar-refractivity contribution in [2.45, 2.75) is 18.8 Å². The first-order chi connectivity index (χ1) is 7.27. The van der Waals surface area contributed by atoms with E-state index in [1.807, 2.05) is 0 Å². The van der Waals surface area contributed by atoms with Crippen LogP contribution in [0.2, 0.25) is 0 Å². The minimum absolute atomic E-state index is 0.0616. The normalized spacial score (nSPS) is 17.6. The summed E-state index contributed by atoms with van der Waals surface area (Å²) in [4.78, 5) is 18.5. The molecule has 1 N–H and O–H groups in total. The van der Waals surface area contributed by atoms with Crippen LogP contribution >= 0.6 is 0 Å². The molecule has 0 aromatic carbocycles. The Morgan fingerprint density at radius 2 is 2.13 bits per heavy atom. The lowest BCUT2D eigenvalue weighted by molar-refractivity contribution is 0.0689. The van der Waals surface area contributed by atoms with Gasteiger partial charge in [-0.15, -0.1) is 0 Å². The number of carbonyl (C=O) groups is 1. The highest BCUT2D eigenvalue weighted by atomic mass is 16.5. The van der Waals surface area contributed by atoms with Crippen LogP contribution in [0.15, 0.2) is 12.4 Å². The van der Waals surface area contributed by atoms with Crippen LogP contribution in [0.4, 0.5) is 0 Å². The highest BCUT2D eigenvalue weighted by molar-refractivity contribution is 5.85. The third-order valence-electron chi connectivity index (χ3n) is 2.55. The number of carboxylic acids is 1. The van der Waals surface area contributed by atoms with Crippen LogP contribution in [0.25, 0.3) is 0 Å². The van der Waals surface area contributed by atoms with E-state index in [4.69, 9.17) is 9.84 Å². The molecule has 1 aliphatic heterocycles. The van der Waals surface area contributed by atoms with Gasteiger partial charge in [-0.05, 0) is 18.9 Å². The van der Waals surface area contributed by atoms with E-state index in [2.05, 4.69) is 9.97 Å². The maximum absolute atomic E-state index is 10.7. The predicted molar refractivity (Wildman–Crippen MR) is 51.8 cm³/mol. The standard InChI is InChI=1S/C10H12N2O3/c13-10(14)9-5-8(11-6-12-9)7-1-3-15-4-2-7/h5-7H,1-4H2,(H,13,14). The van der Waals surface area contributed by atoms with Crippen molar-refractivity contribution in [1.82, 2.24) is 9.97 Å². The topological polar surface area (TPSA) is 72.3 Å². The van der Waals surface area contributed by atoms with Gasteiger partial charge in [-0.3, -0.25) is 0 Å². The van der Waals surface area contributed by atoms with E-state index in [0.29, 0.717) is 5.92 Å². The highest BCUT2D eigenvalue weighted by Crippen LogP contribution is 2.25. The van der Waals surface area contributed by atoms with Crippen LogP contribution in [0.5, 0.6) is 0 Å². The van der Waals surface area contributed by atoms with Gasteiger partial charge < -0.3 is 9.84 Å². The van der Waals surface area contributed by atoms with Gasteiger partial charge in [0.25, 0.3) is 0 Å². The summed E-state index contributed by atoms with van der Waals surface area (Å²) in [5.74, 6) is -0.703. The third-order valence-corrected chi connectivity index (χ3v) is 2.55. The average Bonchev–Trinajstić information content (AvgIpc) is 2.30. The fourth-order valence-corrected chi connectivity index (χ4v) is 1.71. The molecule has 15 heavy (non-hydrogen) atoms. The molecule has 5 heteroatoms. The summed E-state index contributed by atoms with van der Waals surface area (Å²) in [6.07, 6.45) is 3.11. The van der Waals surface area contributed by atoms with Crippen molar-refractivity contribution >= 4 is 5.97 Å². The number of carboxylic acid groups (broad SMARTS) is 1. The van der Waals surface area contributed by atoms with Crippen molar-refractivity contribution in [2.75, 3.05) is 13.2 Å². The van der Waals surface area contributed by atoms with E-state index in [9.17, 15) is 4.79 Å². The lowest BCUT2D eigenvalue weighted by Crippen LogP contribution is -2.16. The Morgan fingerprint density at radius 3 is 2.80 bits per heavy atom. The Hall–Kier alpha value is -1.49. The van der Waals surface area contributed by atoms with E-state index >= 15 is 0 Å². The SMILES string of the molecule is O=C(O)c1cc(C2CCOCC2)ncn1.